The summed E-state index contributed by atoms with van der Waals surface area (Å²) in [4.78, 5) is 27.4. The molecular formula is C34H41NO3. The van der Waals surface area contributed by atoms with Crippen LogP contribution in [0.2, 0.25) is 0 Å². The van der Waals surface area contributed by atoms with E-state index in [1.54, 1.807) is 0 Å². The Labute approximate surface area is 227 Å². The maximum absolute atomic E-state index is 13.7. The zero-order valence-electron chi connectivity index (χ0n) is 23.1. The number of hydrogen-bond donors (Lipinski definition) is 1. The summed E-state index contributed by atoms with van der Waals surface area (Å²) in [5.74, 6) is 0.0882. The highest BCUT2D eigenvalue weighted by molar-refractivity contribution is 6.04. The number of benzene rings is 2. The van der Waals surface area contributed by atoms with Gasteiger partial charge in [0.05, 0.1) is 12.2 Å². The van der Waals surface area contributed by atoms with E-state index >= 15 is 0 Å². The van der Waals surface area contributed by atoms with Crippen molar-refractivity contribution in [2.24, 2.45) is 11.3 Å². The third-order valence-corrected chi connectivity index (χ3v) is 8.53. The molecule has 1 fully saturated rings. The highest BCUT2D eigenvalue weighted by Gasteiger charge is 2.43. The normalized spacial score (nSPS) is 21.7. The Morgan fingerprint density at radius 1 is 0.947 bits per heavy atom. The van der Waals surface area contributed by atoms with Gasteiger partial charge in [-0.2, -0.15) is 0 Å². The summed E-state index contributed by atoms with van der Waals surface area (Å²) < 4.78 is 5.95. The number of allylic oxidation sites excluding steroid dienone is 3. The van der Waals surface area contributed by atoms with Gasteiger partial charge in [0.1, 0.15) is 0 Å². The molecule has 2 aromatic carbocycles. The van der Waals surface area contributed by atoms with Crippen LogP contribution in [0.5, 0.6) is 0 Å². The fourth-order valence-electron chi connectivity index (χ4n) is 6.57. The topological polar surface area (TPSA) is 55.4 Å². The number of Topliss-reactive ketones (excluding diaryl/α,β-unsaturated/α-hetero) is 1. The van der Waals surface area contributed by atoms with E-state index in [4.69, 9.17) is 4.74 Å². The molecule has 0 bridgehead atoms. The van der Waals surface area contributed by atoms with E-state index in [0.717, 1.165) is 46.5 Å². The number of esters is 1. The van der Waals surface area contributed by atoms with Gasteiger partial charge in [-0.3, -0.25) is 4.79 Å². The maximum Gasteiger partial charge on any atom is 0.336 e. The SMILES string of the molecule is CCC1=C(C(=O)OCCC2CCCCC2)C(c2ccc(-c3ccccc3)cc2)C2=C(CC(C)(C)CC2=O)N1. The lowest BCUT2D eigenvalue weighted by Gasteiger charge is -2.40. The molecular weight excluding hydrogens is 470 g/mol. The van der Waals surface area contributed by atoms with Gasteiger partial charge in [0.15, 0.2) is 5.78 Å². The molecule has 2 aromatic rings. The Morgan fingerprint density at radius 2 is 1.63 bits per heavy atom. The summed E-state index contributed by atoms with van der Waals surface area (Å²) in [6, 6.07) is 18.6. The van der Waals surface area contributed by atoms with Gasteiger partial charge in [0.2, 0.25) is 0 Å². The van der Waals surface area contributed by atoms with Crippen LogP contribution >= 0.6 is 0 Å². The monoisotopic (exact) mass is 511 g/mol. The largest absolute Gasteiger partial charge is 0.462 e. The summed E-state index contributed by atoms with van der Waals surface area (Å²) in [6.07, 6.45) is 9.23. The molecule has 0 aromatic heterocycles. The van der Waals surface area contributed by atoms with Crippen molar-refractivity contribution in [1.82, 2.24) is 5.32 Å². The molecule has 38 heavy (non-hydrogen) atoms. The molecule has 4 nitrogen and oxygen atoms in total. The van der Waals surface area contributed by atoms with Crippen LogP contribution in [-0.4, -0.2) is 18.4 Å². The fraction of sp³-hybridized carbons (Fsp3) is 0.471. The highest BCUT2D eigenvalue weighted by atomic mass is 16.5. The molecule has 200 valence electrons. The van der Waals surface area contributed by atoms with E-state index < -0.39 is 5.92 Å². The molecule has 1 aliphatic heterocycles. The van der Waals surface area contributed by atoms with Gasteiger partial charge in [-0.25, -0.2) is 4.79 Å². The first-order chi connectivity index (χ1) is 18.4. The molecule has 3 aliphatic rings. The molecule has 0 amide bonds. The first-order valence-electron chi connectivity index (χ1n) is 14.4. The van der Waals surface area contributed by atoms with Crippen LogP contribution in [-0.2, 0) is 14.3 Å². The second-order valence-corrected chi connectivity index (χ2v) is 12.1. The van der Waals surface area contributed by atoms with Crippen LogP contribution in [0, 0.1) is 11.3 Å². The minimum atomic E-state index is -0.406. The quantitative estimate of drug-likeness (QED) is 0.384. The Morgan fingerprint density at radius 3 is 2.32 bits per heavy atom. The molecule has 1 heterocycles. The van der Waals surface area contributed by atoms with Crippen molar-refractivity contribution in [3.63, 3.8) is 0 Å². The van der Waals surface area contributed by atoms with Gasteiger partial charge < -0.3 is 10.1 Å². The molecule has 1 atom stereocenters. The Bertz CT molecular complexity index is 1230. The predicted molar refractivity (Wildman–Crippen MR) is 152 cm³/mol. The van der Waals surface area contributed by atoms with Crippen molar-refractivity contribution in [2.75, 3.05) is 6.61 Å². The summed E-state index contributed by atoms with van der Waals surface area (Å²) >= 11 is 0. The van der Waals surface area contributed by atoms with Gasteiger partial charge in [-0.15, -0.1) is 0 Å². The summed E-state index contributed by atoms with van der Waals surface area (Å²) in [7, 11) is 0. The number of dihydropyridines is 1. The third-order valence-electron chi connectivity index (χ3n) is 8.53. The van der Waals surface area contributed by atoms with Gasteiger partial charge in [-0.05, 0) is 47.3 Å². The summed E-state index contributed by atoms with van der Waals surface area (Å²) in [5, 5.41) is 3.54. The number of ketones is 1. The first-order valence-corrected chi connectivity index (χ1v) is 14.4. The summed E-state index contributed by atoms with van der Waals surface area (Å²) in [5.41, 5.74) is 6.33. The number of ether oxygens (including phenoxy) is 1. The van der Waals surface area contributed by atoms with Crippen molar-refractivity contribution in [3.05, 3.63) is 82.7 Å². The zero-order chi connectivity index (χ0) is 26.7. The van der Waals surface area contributed by atoms with Crippen molar-refractivity contribution in [3.8, 4) is 11.1 Å². The van der Waals surface area contributed by atoms with E-state index in [1.807, 2.05) is 18.2 Å². The van der Waals surface area contributed by atoms with Gasteiger partial charge >= 0.3 is 5.97 Å². The minimum absolute atomic E-state index is 0.110. The lowest BCUT2D eigenvalue weighted by atomic mass is 9.68. The van der Waals surface area contributed by atoms with Crippen molar-refractivity contribution >= 4 is 11.8 Å². The molecule has 2 aliphatic carbocycles. The molecule has 5 rings (SSSR count). The first kappa shape index (κ1) is 26.5. The van der Waals surface area contributed by atoms with Crippen LogP contribution in [0.15, 0.2) is 77.1 Å². The van der Waals surface area contributed by atoms with Gasteiger partial charge in [0.25, 0.3) is 0 Å². The van der Waals surface area contributed by atoms with Crippen molar-refractivity contribution in [2.45, 2.75) is 84.5 Å². The van der Waals surface area contributed by atoms with Crippen molar-refractivity contribution in [1.29, 1.82) is 0 Å². The van der Waals surface area contributed by atoms with E-state index in [-0.39, 0.29) is 17.2 Å². The molecule has 1 N–H and O–H groups in total. The molecule has 1 unspecified atom stereocenters. The highest BCUT2D eigenvalue weighted by Crippen LogP contribution is 2.47. The molecule has 0 radical (unpaired) electrons. The molecule has 4 heteroatoms. The van der Waals surface area contributed by atoms with Crippen LogP contribution in [0.25, 0.3) is 11.1 Å². The van der Waals surface area contributed by atoms with Crippen LogP contribution in [0.3, 0.4) is 0 Å². The van der Waals surface area contributed by atoms with E-state index in [2.05, 4.69) is 62.5 Å². The standard InChI is InChI=1S/C34H41NO3/c1-4-27-32(33(37)38-20-19-23-11-7-5-8-12-23)30(31-28(35-27)21-34(2,3)22-29(31)36)26-17-15-25(16-18-26)24-13-9-6-10-14-24/h6,9-10,13-18,23,30,35H,4-5,7-8,11-12,19-22H2,1-3H3. The lowest BCUT2D eigenvalue weighted by molar-refractivity contribution is -0.139. The number of hydrogen-bond acceptors (Lipinski definition) is 4. The van der Waals surface area contributed by atoms with Crippen LogP contribution < -0.4 is 5.32 Å². The Kier molecular flexibility index (Phi) is 7.88. The van der Waals surface area contributed by atoms with Gasteiger partial charge in [-0.1, -0.05) is 107 Å². The van der Waals surface area contributed by atoms with Crippen molar-refractivity contribution < 1.29 is 14.3 Å². The lowest BCUT2D eigenvalue weighted by Crippen LogP contribution is -2.39. The molecule has 0 spiro atoms. The van der Waals surface area contributed by atoms with Crippen LogP contribution in [0.1, 0.15) is 90.0 Å². The molecule has 0 saturated heterocycles. The minimum Gasteiger partial charge on any atom is -0.462 e. The van der Waals surface area contributed by atoms with Gasteiger partial charge in [0, 0.05) is 29.3 Å². The number of nitrogens with one attached hydrogen (secondary N) is 1. The van der Waals surface area contributed by atoms with E-state index in [1.165, 1.54) is 32.1 Å². The number of carbonyl (C=O) groups is 2. The number of carbonyl (C=O) groups excluding carboxylic acids is 2. The smallest absolute Gasteiger partial charge is 0.336 e. The second kappa shape index (κ2) is 11.3. The average Bonchev–Trinajstić information content (AvgIpc) is 2.92. The fourth-order valence-corrected chi connectivity index (χ4v) is 6.57. The third kappa shape index (κ3) is 5.65. The predicted octanol–water partition coefficient (Wildman–Crippen LogP) is 7.86. The zero-order valence-corrected chi connectivity index (χ0v) is 23.1. The van der Waals surface area contributed by atoms with E-state index in [0.29, 0.717) is 30.9 Å². The van der Waals surface area contributed by atoms with Crippen LogP contribution in [0.4, 0.5) is 0 Å². The van der Waals surface area contributed by atoms with E-state index in [9.17, 15) is 9.59 Å². The second-order valence-electron chi connectivity index (χ2n) is 12.1. The molecule has 1 saturated carbocycles. The average molecular weight is 512 g/mol. The number of rotatable bonds is 7. The Hall–Kier alpha value is -3.14. The Balaban J connectivity index is 1.48. The summed E-state index contributed by atoms with van der Waals surface area (Å²) in [6.45, 7) is 6.79. The maximum atomic E-state index is 13.7.